The largest absolute Gasteiger partial charge is 0.487 e. The Kier molecular flexibility index (Phi) is 4.65. The molecule has 0 radical (unpaired) electrons. The normalized spacial score (nSPS) is 20.4. The van der Waals surface area contributed by atoms with Crippen molar-refractivity contribution in [1.29, 1.82) is 0 Å². The smallest absolute Gasteiger partial charge is 0.335 e. The first-order valence-corrected chi connectivity index (χ1v) is 9.27. The Morgan fingerprint density at radius 1 is 1.12 bits per heavy atom. The molecule has 7 nitrogen and oxygen atoms in total. The van der Waals surface area contributed by atoms with Crippen LogP contribution in [0.25, 0.3) is 0 Å². The molecule has 0 aromatic heterocycles. The molecule has 25 heavy (non-hydrogen) atoms. The molecule has 1 aliphatic heterocycles. The molecule has 1 heterocycles. The molecule has 0 saturated carbocycles. The zero-order chi connectivity index (χ0) is 18.0. The summed E-state index contributed by atoms with van der Waals surface area (Å²) in [5.41, 5.74) is 0.754. The average molecular weight is 362 g/mol. The van der Waals surface area contributed by atoms with Gasteiger partial charge in [0, 0.05) is 12.2 Å². The number of carboxylic acid groups (broad SMARTS) is 1. The fourth-order valence-corrected chi connectivity index (χ4v) is 3.85. The summed E-state index contributed by atoms with van der Waals surface area (Å²) in [5, 5.41) is 13.6. The molecule has 0 bridgehead atoms. The molecule has 1 aliphatic rings. The number of aromatic carboxylic acids is 1. The third-order valence-electron chi connectivity index (χ3n) is 4.13. The van der Waals surface area contributed by atoms with E-state index in [1.807, 2.05) is 6.07 Å². The number of sulfonamides is 1. The molecular weight excluding hydrogens is 344 g/mol. The van der Waals surface area contributed by atoms with Crippen LogP contribution >= 0.6 is 0 Å². The van der Waals surface area contributed by atoms with Crippen molar-refractivity contribution in [2.75, 3.05) is 18.0 Å². The fourth-order valence-electron chi connectivity index (χ4n) is 2.89. The first kappa shape index (κ1) is 17.2. The van der Waals surface area contributed by atoms with Crippen LogP contribution in [-0.2, 0) is 10.0 Å². The molecule has 2 aromatic carbocycles. The lowest BCUT2D eigenvalue weighted by molar-refractivity contribution is 0.0697. The van der Waals surface area contributed by atoms with Gasteiger partial charge in [-0.1, -0.05) is 24.3 Å². The van der Waals surface area contributed by atoms with Gasteiger partial charge in [0.2, 0.25) is 10.0 Å². The van der Waals surface area contributed by atoms with Crippen LogP contribution in [0.3, 0.4) is 0 Å². The molecule has 8 heteroatoms. The van der Waals surface area contributed by atoms with E-state index < -0.39 is 27.3 Å². The number of para-hydroxylation sites is 1. The van der Waals surface area contributed by atoms with Crippen LogP contribution in [0, 0.1) is 0 Å². The van der Waals surface area contributed by atoms with Gasteiger partial charge in [-0.3, -0.25) is 0 Å². The summed E-state index contributed by atoms with van der Waals surface area (Å²) in [5.74, 6) is -0.483. The van der Waals surface area contributed by atoms with E-state index in [4.69, 9.17) is 15.0 Å². The summed E-state index contributed by atoms with van der Waals surface area (Å²) in [6.45, 7) is 0.429. The highest BCUT2D eigenvalue weighted by molar-refractivity contribution is 7.89. The van der Waals surface area contributed by atoms with Gasteiger partial charge >= 0.3 is 5.97 Å². The van der Waals surface area contributed by atoms with Crippen LogP contribution in [0.1, 0.15) is 10.4 Å². The standard InChI is InChI=1S/C17H18N2O5S/c18-25(22,23)16-11-19(13-6-4-5-12(9-13)17(20)21)10-15(16)24-14-7-2-1-3-8-14/h1-9,15-16H,10-11H2,(H,20,21)(H2,18,22,23). The highest BCUT2D eigenvalue weighted by atomic mass is 32.2. The lowest BCUT2D eigenvalue weighted by atomic mass is 10.2. The van der Waals surface area contributed by atoms with Crippen LogP contribution in [0.5, 0.6) is 5.75 Å². The Balaban J connectivity index is 1.86. The molecule has 1 saturated heterocycles. The maximum Gasteiger partial charge on any atom is 0.335 e. The summed E-state index contributed by atoms with van der Waals surface area (Å²) in [6.07, 6.45) is -0.647. The van der Waals surface area contributed by atoms with Crippen molar-refractivity contribution < 1.29 is 23.1 Å². The topological polar surface area (TPSA) is 110 Å². The Morgan fingerprint density at radius 2 is 1.84 bits per heavy atom. The highest BCUT2D eigenvalue weighted by Gasteiger charge is 2.41. The molecule has 132 valence electrons. The van der Waals surface area contributed by atoms with E-state index >= 15 is 0 Å². The third-order valence-corrected chi connectivity index (χ3v) is 5.42. The van der Waals surface area contributed by atoms with Crippen molar-refractivity contribution in [2.45, 2.75) is 11.4 Å². The molecule has 0 aliphatic carbocycles. The number of benzene rings is 2. The van der Waals surface area contributed by atoms with Crippen molar-refractivity contribution in [3.8, 4) is 5.75 Å². The molecule has 0 spiro atoms. The van der Waals surface area contributed by atoms with E-state index in [-0.39, 0.29) is 12.1 Å². The number of primary sulfonamides is 1. The van der Waals surface area contributed by atoms with Crippen molar-refractivity contribution >= 4 is 21.7 Å². The van der Waals surface area contributed by atoms with Gasteiger partial charge in [-0.05, 0) is 30.3 Å². The number of rotatable bonds is 5. The maximum atomic E-state index is 12.0. The minimum atomic E-state index is -3.82. The molecule has 1 fully saturated rings. The number of ether oxygens (including phenoxy) is 1. The third kappa shape index (κ3) is 3.92. The maximum absolute atomic E-state index is 12.0. The van der Waals surface area contributed by atoms with Gasteiger partial charge in [0.25, 0.3) is 0 Å². The van der Waals surface area contributed by atoms with E-state index in [2.05, 4.69) is 0 Å². The Hall–Kier alpha value is -2.58. The number of nitrogens with two attached hydrogens (primary N) is 1. The van der Waals surface area contributed by atoms with Gasteiger partial charge in [-0.15, -0.1) is 0 Å². The Labute approximate surface area is 145 Å². The number of carbonyl (C=O) groups is 1. The monoisotopic (exact) mass is 362 g/mol. The minimum absolute atomic E-state index is 0.136. The summed E-state index contributed by atoms with van der Waals surface area (Å²) in [7, 11) is -3.82. The van der Waals surface area contributed by atoms with Crippen molar-refractivity contribution in [3.05, 3.63) is 60.2 Å². The molecule has 2 atom stereocenters. The van der Waals surface area contributed by atoms with Crippen molar-refractivity contribution in [1.82, 2.24) is 0 Å². The number of hydrogen-bond acceptors (Lipinski definition) is 5. The van der Waals surface area contributed by atoms with E-state index in [9.17, 15) is 13.2 Å². The van der Waals surface area contributed by atoms with Gasteiger partial charge < -0.3 is 14.7 Å². The summed E-state index contributed by atoms with van der Waals surface area (Å²) < 4.78 is 29.8. The van der Waals surface area contributed by atoms with E-state index in [0.717, 1.165) is 0 Å². The van der Waals surface area contributed by atoms with E-state index in [0.29, 0.717) is 18.0 Å². The van der Waals surface area contributed by atoms with Crippen LogP contribution in [0.2, 0.25) is 0 Å². The minimum Gasteiger partial charge on any atom is -0.487 e. The Bertz CT molecular complexity index is 870. The second-order valence-corrected chi connectivity index (χ2v) is 7.64. The fraction of sp³-hybridized carbons (Fsp3) is 0.235. The van der Waals surface area contributed by atoms with Gasteiger partial charge in [-0.25, -0.2) is 18.4 Å². The first-order valence-electron chi connectivity index (χ1n) is 7.66. The highest BCUT2D eigenvalue weighted by Crippen LogP contribution is 2.27. The predicted octanol–water partition coefficient (Wildman–Crippen LogP) is 1.31. The molecule has 2 aromatic rings. The summed E-state index contributed by atoms with van der Waals surface area (Å²) in [6, 6.07) is 15.3. The van der Waals surface area contributed by atoms with Gasteiger partial charge in [0.05, 0.1) is 12.1 Å². The van der Waals surface area contributed by atoms with Crippen LogP contribution in [-0.4, -0.2) is 43.9 Å². The summed E-state index contributed by atoms with van der Waals surface area (Å²) in [4.78, 5) is 12.9. The summed E-state index contributed by atoms with van der Waals surface area (Å²) >= 11 is 0. The second-order valence-electron chi connectivity index (χ2n) is 5.86. The predicted molar refractivity (Wildman–Crippen MR) is 93.4 cm³/mol. The lowest BCUT2D eigenvalue weighted by Crippen LogP contribution is -2.40. The number of hydrogen-bond donors (Lipinski definition) is 2. The lowest BCUT2D eigenvalue weighted by Gasteiger charge is -2.19. The number of carboxylic acids is 1. The zero-order valence-electron chi connectivity index (χ0n) is 13.3. The molecule has 3 N–H and O–H groups in total. The molecule has 0 amide bonds. The molecule has 2 unspecified atom stereocenters. The number of nitrogens with zero attached hydrogens (tertiary/aromatic N) is 1. The van der Waals surface area contributed by atoms with E-state index in [1.165, 1.54) is 12.1 Å². The first-order chi connectivity index (χ1) is 11.8. The van der Waals surface area contributed by atoms with Crippen molar-refractivity contribution in [2.24, 2.45) is 5.14 Å². The number of anilines is 1. The van der Waals surface area contributed by atoms with Gasteiger partial charge in [0.1, 0.15) is 17.1 Å². The van der Waals surface area contributed by atoms with Gasteiger partial charge in [-0.2, -0.15) is 0 Å². The SMILES string of the molecule is NS(=O)(=O)C1CN(c2cccc(C(=O)O)c2)CC1Oc1ccccc1. The van der Waals surface area contributed by atoms with Crippen LogP contribution in [0.15, 0.2) is 54.6 Å². The van der Waals surface area contributed by atoms with Crippen molar-refractivity contribution in [3.63, 3.8) is 0 Å². The average Bonchev–Trinajstić information content (AvgIpc) is 3.00. The van der Waals surface area contributed by atoms with Crippen LogP contribution < -0.4 is 14.8 Å². The quantitative estimate of drug-likeness (QED) is 0.830. The molecular formula is C17H18N2O5S. The van der Waals surface area contributed by atoms with Gasteiger partial charge in [0.15, 0.2) is 0 Å². The second kappa shape index (κ2) is 6.73. The van der Waals surface area contributed by atoms with E-state index in [1.54, 1.807) is 41.3 Å². The molecule has 3 rings (SSSR count). The zero-order valence-corrected chi connectivity index (χ0v) is 14.1. The Morgan fingerprint density at radius 3 is 2.48 bits per heavy atom. The van der Waals surface area contributed by atoms with Crippen LogP contribution in [0.4, 0.5) is 5.69 Å².